The number of hydrogen-bond acceptors (Lipinski definition) is 17. The van der Waals surface area contributed by atoms with E-state index in [1.807, 2.05) is 4.98 Å². The summed E-state index contributed by atoms with van der Waals surface area (Å²) in [5.41, 5.74) is -4.29. The Balaban J connectivity index is -0.000000257. The molecule has 0 aliphatic carbocycles. The number of amides is 2. The van der Waals surface area contributed by atoms with Gasteiger partial charge in [0, 0.05) is 106 Å². The second kappa shape index (κ2) is 44.2. The minimum absolute atomic E-state index is 0. The number of aliphatic hydroxyl groups is 2. The molecule has 6 aromatic heterocycles. The summed E-state index contributed by atoms with van der Waals surface area (Å²) in [6.07, 6.45) is 7.86. The van der Waals surface area contributed by atoms with Gasteiger partial charge in [0.25, 0.3) is 23.2 Å². The molecule has 6 heterocycles. The average molecular weight is 1360 g/mol. The first kappa shape index (κ1) is 60.2. The molecule has 0 spiro atoms. The van der Waals surface area contributed by atoms with Crippen molar-refractivity contribution in [2.75, 3.05) is 40.0 Å². The summed E-state index contributed by atoms with van der Waals surface area (Å²) in [6.45, 7) is -6.75. The predicted octanol–water partition coefficient (Wildman–Crippen LogP) is -10.7. The Hall–Kier alpha value is -2.41. The molecular formula is C44H69BrFIK2MgN14O14. The van der Waals surface area contributed by atoms with Crippen LogP contribution in [0, 0.1) is 7.35 Å². The largest absolute Gasteiger partial charge is 2.00 e. The Morgan fingerprint density at radius 3 is 1.44 bits per heavy atom. The van der Waals surface area contributed by atoms with Gasteiger partial charge in [0.15, 0.2) is 33.5 Å². The summed E-state index contributed by atoms with van der Waals surface area (Å²) in [5, 5.41) is 26.8. The molecule has 6 aromatic rings. The van der Waals surface area contributed by atoms with E-state index in [0.29, 0.717) is 38.5 Å². The first-order valence-electron chi connectivity index (χ1n) is 28.2. The number of nitrogens with one attached hydrogen (secondary N) is 1. The smallest absolute Gasteiger partial charge is 1.00 e. The zero-order chi connectivity index (χ0) is 67.5. The van der Waals surface area contributed by atoms with Gasteiger partial charge in [0.2, 0.25) is 11.8 Å². The van der Waals surface area contributed by atoms with Crippen LogP contribution in [-0.2, 0) is 79.2 Å². The van der Waals surface area contributed by atoms with Crippen LogP contribution in [-0.4, -0.2) is 164 Å². The van der Waals surface area contributed by atoms with Crippen LogP contribution < -0.4 is 166 Å². The molecule has 0 saturated heterocycles. The molecule has 34 heteroatoms. The van der Waals surface area contributed by atoms with Gasteiger partial charge in [-0.05, 0) is 45.4 Å². The average Bonchev–Trinajstić information content (AvgIpc) is 1.58. The van der Waals surface area contributed by atoms with Crippen molar-refractivity contribution in [3.8, 4) is 0 Å². The molecule has 0 bridgehead atoms. The zero-order valence-electron chi connectivity index (χ0n) is 58.4. The Bertz CT molecular complexity index is 3580. The third-order valence-electron chi connectivity index (χ3n) is 10.1. The number of Topliss-reactive ketones (excluding diaryl/α,β-unsaturated/α-hetero) is 1. The number of ketones is 1. The summed E-state index contributed by atoms with van der Waals surface area (Å²) in [5.74, 6) is -0.196. The number of rotatable bonds is 17. The van der Waals surface area contributed by atoms with Crippen LogP contribution in [0.15, 0.2) is 47.7 Å². The maximum absolute atomic E-state index is 12.6. The third-order valence-corrected chi connectivity index (χ3v) is 10.7. The van der Waals surface area contributed by atoms with Gasteiger partial charge >= 0.3 is 143 Å². The van der Waals surface area contributed by atoms with Crippen LogP contribution in [0.2, 0.25) is 0 Å². The normalized spacial score (nSPS) is 12.5. The first-order chi connectivity index (χ1) is 40.3. The molecule has 0 atom stereocenters. The number of aliphatic hydroxyl groups excluding tert-OH is 2. The number of aromatic amines is 1. The fourth-order valence-corrected chi connectivity index (χ4v) is 6.56. The summed E-state index contributed by atoms with van der Waals surface area (Å²) >= 11 is 3.28. The fourth-order valence-electron chi connectivity index (χ4n) is 6.17. The van der Waals surface area contributed by atoms with E-state index in [1.165, 1.54) is 40.0 Å². The molecule has 0 unspecified atom stereocenters. The van der Waals surface area contributed by atoms with Crippen molar-refractivity contribution in [1.82, 2.24) is 66.3 Å². The van der Waals surface area contributed by atoms with Crippen LogP contribution in [0.25, 0.3) is 33.5 Å². The molecule has 0 aliphatic rings. The van der Waals surface area contributed by atoms with E-state index in [0.717, 1.165) is 78.6 Å². The number of fused-ring (bicyclic) bond motifs is 3. The Morgan fingerprint density at radius 1 is 0.756 bits per heavy atom. The van der Waals surface area contributed by atoms with E-state index in [9.17, 15) is 47.5 Å². The van der Waals surface area contributed by atoms with Crippen LogP contribution in [0.5, 0.6) is 0 Å². The number of carbonyl (C=O) groups excluding carboxylic acids is 4. The maximum Gasteiger partial charge on any atom is 2.00 e. The van der Waals surface area contributed by atoms with Crippen LogP contribution in [0.1, 0.15) is 84.0 Å². The van der Waals surface area contributed by atoms with E-state index in [2.05, 4.69) is 35.8 Å². The van der Waals surface area contributed by atoms with Crippen LogP contribution in [0.3, 0.4) is 0 Å². The number of aromatic nitrogens is 12. The molecular weight excluding hydrogens is 1280 g/mol. The number of aryl methyl sites for hydroxylation is 6. The number of hydrogen-bond donors (Lipinski definition) is 3. The molecule has 0 radical (unpaired) electrons. The van der Waals surface area contributed by atoms with E-state index in [4.69, 9.17) is 38.1 Å². The SMILES string of the molecule is CN(CO)C(=O)CCCCBr.O=CO[O-].[2H]C([2H])([2H])n1cnc2c1c(=O)[nH]c(=O)n2C.[2H]C([2H])([2H])n1cnc2c1c(=O)n(CCCCC(=O)N(C)CO)c(=O)n2C.[2H]C([2H])([2H])n1cnc2c1c(=O)n(CCCCC(C)=O)c(=O)n2C.[2H]CF.[2H][C-]([2H])[2H].[H-].[I-].[K+].[K+].[Mg+2]. The molecule has 0 fully saturated rings. The quantitative estimate of drug-likeness (QED) is 0.00879. The van der Waals surface area contributed by atoms with Crippen molar-refractivity contribution in [2.45, 2.75) is 77.8 Å². The van der Waals surface area contributed by atoms with Gasteiger partial charge in [0.1, 0.15) is 19.2 Å². The molecule has 6 rings (SSSR count). The van der Waals surface area contributed by atoms with Gasteiger partial charge in [-0.25, -0.2) is 33.4 Å². The van der Waals surface area contributed by atoms with Gasteiger partial charge in [-0.2, -0.15) is 0 Å². The van der Waals surface area contributed by atoms with Crippen molar-refractivity contribution in [1.29, 1.82) is 0 Å². The number of H-pyrrole nitrogens is 1. The van der Waals surface area contributed by atoms with E-state index >= 15 is 0 Å². The number of halogens is 3. The molecule has 0 saturated carbocycles. The number of unbranched alkanes of at least 4 members (excludes halogenated alkanes) is 3. The topological polar surface area (TPSA) is 344 Å². The van der Waals surface area contributed by atoms with Crippen molar-refractivity contribution in [3.05, 3.63) is 88.9 Å². The van der Waals surface area contributed by atoms with Gasteiger partial charge < -0.3 is 81.4 Å². The Morgan fingerprint density at radius 2 is 1.10 bits per heavy atom. The summed E-state index contributed by atoms with van der Waals surface area (Å²) in [4.78, 5) is 133. The molecule has 0 aromatic carbocycles. The fraction of sp³-hybridized carbons (Fsp3) is 0.545. The van der Waals surface area contributed by atoms with E-state index in [1.54, 1.807) is 7.05 Å². The standard InChI is InChI=1S/C14H21N5O4.C13H18N4O3.C7H14BrNO2.C7H8N4O2.CH3F.CH2O3.CH3.HI.2K.Mg.H/c1-16-8-15-12-11(16)13(22)19(14(23)18(12)3)7-5-4-6-10(21)17(2)9-20;1-9(18)6-4-5-7-17-12(19)10-11(14-8-15(10)2)16(3)13(17)20;1-9(6-10)7(11)4-2-3-5-8;1-10-3-8-5-4(10)6(12)9-7(13)11(5)2;1-2;2-1-4-3;;;;;;/h8,20H,4-7,9H2,1-3H3;8H,4-7H2,1-3H3;10H,2-6H2,1H3;3H,1-2H3,(H,9,12,13);1H3;1,3H;1H3;1H;;;;/q;;;;;;-1;;2*+1;+2;-1/p-2/i1D3;2D3;;1D3;1D;;1D3;;;;;. The monoisotopic (exact) mass is 1360 g/mol. The summed E-state index contributed by atoms with van der Waals surface area (Å²) in [7, 11) is 5.48. The van der Waals surface area contributed by atoms with Crippen molar-refractivity contribution >= 4 is 96.5 Å². The number of imidazole rings is 3. The van der Waals surface area contributed by atoms with Gasteiger partial charge in [-0.15, -0.1) is 0 Å². The molecule has 424 valence electrons. The van der Waals surface area contributed by atoms with E-state index in [-0.39, 0.29) is 242 Å². The molecule has 3 N–H and O–H groups in total. The molecule has 0 aliphatic heterocycles. The predicted molar refractivity (Wildman–Crippen MR) is 280 cm³/mol. The number of nitrogens with zero attached hydrogens (tertiary/aromatic N) is 13. The number of alkyl halides is 2. The van der Waals surface area contributed by atoms with Gasteiger partial charge in [-0.3, -0.25) is 61.0 Å². The molecule has 28 nitrogen and oxygen atoms in total. The summed E-state index contributed by atoms with van der Waals surface area (Å²) in [6, 6.07) is 0. The minimum atomic E-state index is -2.59. The Kier molecular flexibility index (Phi) is 34.1. The second-order valence-electron chi connectivity index (χ2n) is 15.2. The molecule has 2 amide bonds. The van der Waals surface area contributed by atoms with Gasteiger partial charge in [-0.1, -0.05) is 15.9 Å². The third kappa shape index (κ3) is 25.0. The van der Waals surface area contributed by atoms with Crippen molar-refractivity contribution in [2.24, 2.45) is 42.1 Å². The summed E-state index contributed by atoms with van der Waals surface area (Å²) < 4.78 is 107. The van der Waals surface area contributed by atoms with Crippen LogP contribution >= 0.6 is 15.9 Å². The zero-order valence-corrected chi connectivity index (χ0v) is 55.8. The number of carbonyl (C=O) groups is 4. The maximum atomic E-state index is 12.6. The molecule has 78 heavy (non-hydrogen) atoms. The van der Waals surface area contributed by atoms with Crippen molar-refractivity contribution < 1.29 is 190 Å². The van der Waals surface area contributed by atoms with Crippen LogP contribution in [0.4, 0.5) is 4.39 Å². The second-order valence-corrected chi connectivity index (χ2v) is 16.0. The van der Waals surface area contributed by atoms with E-state index < -0.39 is 69.2 Å². The van der Waals surface area contributed by atoms with Crippen molar-refractivity contribution in [3.63, 3.8) is 0 Å². The van der Waals surface area contributed by atoms with Gasteiger partial charge in [0.05, 0.1) is 27.5 Å². The first-order valence-corrected chi connectivity index (χ1v) is 22.6. The minimum Gasteiger partial charge on any atom is -1.00 e. The Labute approximate surface area is 594 Å².